The second-order valence-corrected chi connectivity index (χ2v) is 5.83. The topological polar surface area (TPSA) is 58.6 Å². The molecule has 4 heteroatoms. The number of hydrogen-bond acceptors (Lipinski definition) is 3. The number of carboxylic acid groups (broad SMARTS) is 1. The molecule has 0 spiro atoms. The van der Waals surface area contributed by atoms with Crippen LogP contribution in [0, 0.1) is 5.92 Å². The molecular weight excluding hydrogens is 266 g/mol. The van der Waals surface area contributed by atoms with Crippen molar-refractivity contribution in [3.8, 4) is 5.75 Å². The molecule has 0 aliphatic heterocycles. The molecule has 0 bridgehead atoms. The van der Waals surface area contributed by atoms with Crippen LogP contribution in [-0.2, 0) is 0 Å². The summed E-state index contributed by atoms with van der Waals surface area (Å²) in [5, 5.41) is 12.5. The average molecular weight is 293 g/mol. The van der Waals surface area contributed by atoms with Gasteiger partial charge in [0.1, 0.15) is 17.9 Å². The van der Waals surface area contributed by atoms with Crippen LogP contribution in [0.25, 0.3) is 0 Å². The van der Waals surface area contributed by atoms with E-state index in [0.717, 1.165) is 18.9 Å². The Morgan fingerprint density at radius 1 is 1.24 bits per heavy atom. The number of rotatable bonds is 10. The van der Waals surface area contributed by atoms with Crippen LogP contribution in [-0.4, -0.2) is 30.3 Å². The number of aromatic carboxylic acids is 1. The molecule has 118 valence electrons. The van der Waals surface area contributed by atoms with Crippen molar-refractivity contribution in [2.45, 2.75) is 46.1 Å². The van der Waals surface area contributed by atoms with Gasteiger partial charge in [0, 0.05) is 12.6 Å². The number of ether oxygens (including phenoxy) is 1. The van der Waals surface area contributed by atoms with Crippen LogP contribution in [0.1, 0.15) is 50.4 Å². The molecule has 0 aromatic heterocycles. The molecule has 0 heterocycles. The van der Waals surface area contributed by atoms with E-state index < -0.39 is 5.97 Å². The summed E-state index contributed by atoms with van der Waals surface area (Å²) in [6.07, 6.45) is 3.65. The van der Waals surface area contributed by atoms with E-state index in [9.17, 15) is 4.79 Å². The Hall–Kier alpha value is -1.55. The molecule has 1 atom stereocenters. The summed E-state index contributed by atoms with van der Waals surface area (Å²) >= 11 is 0. The Bertz CT molecular complexity index is 432. The van der Waals surface area contributed by atoms with Crippen LogP contribution in [0.15, 0.2) is 24.3 Å². The highest BCUT2D eigenvalue weighted by atomic mass is 16.5. The second kappa shape index (κ2) is 9.40. The SMILES string of the molecule is CC(C)CCCC(C)NCCOc1ccccc1C(=O)O. The molecule has 0 radical (unpaired) electrons. The lowest BCUT2D eigenvalue weighted by molar-refractivity contribution is 0.0692. The van der Waals surface area contributed by atoms with Gasteiger partial charge in [0.15, 0.2) is 0 Å². The lowest BCUT2D eigenvalue weighted by atomic mass is 10.0. The quantitative estimate of drug-likeness (QED) is 0.647. The fraction of sp³-hybridized carbons (Fsp3) is 0.588. The summed E-state index contributed by atoms with van der Waals surface area (Å²) < 4.78 is 5.55. The number of carboxylic acids is 1. The highest BCUT2D eigenvalue weighted by Crippen LogP contribution is 2.17. The minimum atomic E-state index is -0.958. The van der Waals surface area contributed by atoms with Gasteiger partial charge in [-0.15, -0.1) is 0 Å². The van der Waals surface area contributed by atoms with Crippen molar-refractivity contribution in [2.75, 3.05) is 13.2 Å². The normalized spacial score (nSPS) is 12.4. The minimum absolute atomic E-state index is 0.211. The maximum Gasteiger partial charge on any atom is 0.339 e. The first kappa shape index (κ1) is 17.5. The standard InChI is InChI=1S/C17H27NO3/c1-13(2)7-6-8-14(3)18-11-12-21-16-10-5-4-9-15(16)17(19)20/h4-5,9-10,13-14,18H,6-8,11-12H2,1-3H3,(H,19,20). The molecule has 1 aromatic rings. The molecule has 0 aliphatic carbocycles. The minimum Gasteiger partial charge on any atom is -0.491 e. The zero-order valence-corrected chi connectivity index (χ0v) is 13.3. The zero-order chi connectivity index (χ0) is 15.7. The summed E-state index contributed by atoms with van der Waals surface area (Å²) in [7, 11) is 0. The van der Waals surface area contributed by atoms with Crippen molar-refractivity contribution in [3.05, 3.63) is 29.8 Å². The highest BCUT2D eigenvalue weighted by molar-refractivity contribution is 5.90. The van der Waals surface area contributed by atoms with E-state index in [1.165, 1.54) is 12.8 Å². The first-order valence-corrected chi connectivity index (χ1v) is 7.69. The van der Waals surface area contributed by atoms with Gasteiger partial charge < -0.3 is 15.2 Å². The molecule has 0 saturated heterocycles. The van der Waals surface area contributed by atoms with E-state index in [1.807, 2.05) is 0 Å². The van der Waals surface area contributed by atoms with E-state index in [4.69, 9.17) is 9.84 Å². The third kappa shape index (κ3) is 7.14. The zero-order valence-electron chi connectivity index (χ0n) is 13.3. The fourth-order valence-corrected chi connectivity index (χ4v) is 2.17. The van der Waals surface area contributed by atoms with E-state index in [1.54, 1.807) is 24.3 Å². The van der Waals surface area contributed by atoms with Crippen LogP contribution >= 0.6 is 0 Å². The van der Waals surface area contributed by atoms with Crippen molar-refractivity contribution in [2.24, 2.45) is 5.92 Å². The van der Waals surface area contributed by atoms with Crippen molar-refractivity contribution in [3.63, 3.8) is 0 Å². The predicted molar refractivity (Wildman–Crippen MR) is 85.1 cm³/mol. The number of hydrogen-bond donors (Lipinski definition) is 2. The third-order valence-corrected chi connectivity index (χ3v) is 3.39. The Morgan fingerprint density at radius 3 is 2.62 bits per heavy atom. The van der Waals surface area contributed by atoms with Crippen molar-refractivity contribution in [1.82, 2.24) is 5.32 Å². The van der Waals surface area contributed by atoms with Crippen molar-refractivity contribution in [1.29, 1.82) is 0 Å². The number of benzene rings is 1. The Morgan fingerprint density at radius 2 is 1.95 bits per heavy atom. The molecule has 1 rings (SSSR count). The van der Waals surface area contributed by atoms with Crippen LogP contribution in [0.2, 0.25) is 0 Å². The first-order chi connectivity index (χ1) is 10.0. The molecule has 0 saturated carbocycles. The van der Waals surface area contributed by atoms with Crippen LogP contribution in [0.5, 0.6) is 5.75 Å². The van der Waals surface area contributed by atoms with Gasteiger partial charge in [-0.2, -0.15) is 0 Å². The van der Waals surface area contributed by atoms with E-state index in [-0.39, 0.29) is 5.56 Å². The van der Waals surface area contributed by atoms with Gasteiger partial charge in [-0.3, -0.25) is 0 Å². The Kier molecular flexibility index (Phi) is 7.83. The van der Waals surface area contributed by atoms with Gasteiger partial charge in [-0.1, -0.05) is 38.8 Å². The highest BCUT2D eigenvalue weighted by Gasteiger charge is 2.09. The van der Waals surface area contributed by atoms with Crippen LogP contribution < -0.4 is 10.1 Å². The monoisotopic (exact) mass is 293 g/mol. The van der Waals surface area contributed by atoms with Gasteiger partial charge in [-0.05, 0) is 31.4 Å². The molecular formula is C17H27NO3. The van der Waals surface area contributed by atoms with Gasteiger partial charge in [0.25, 0.3) is 0 Å². The maximum atomic E-state index is 11.0. The van der Waals surface area contributed by atoms with Crippen LogP contribution in [0.3, 0.4) is 0 Å². The second-order valence-electron chi connectivity index (χ2n) is 5.83. The molecule has 0 amide bonds. The van der Waals surface area contributed by atoms with Gasteiger partial charge in [-0.25, -0.2) is 4.79 Å². The third-order valence-electron chi connectivity index (χ3n) is 3.39. The van der Waals surface area contributed by atoms with E-state index in [2.05, 4.69) is 26.1 Å². The average Bonchev–Trinajstić information content (AvgIpc) is 2.43. The molecule has 0 aliphatic rings. The van der Waals surface area contributed by atoms with E-state index in [0.29, 0.717) is 18.4 Å². The van der Waals surface area contributed by atoms with Crippen molar-refractivity contribution >= 4 is 5.97 Å². The lowest BCUT2D eigenvalue weighted by Crippen LogP contribution is -2.30. The molecule has 1 aromatic carbocycles. The fourth-order valence-electron chi connectivity index (χ4n) is 2.17. The van der Waals surface area contributed by atoms with Crippen LogP contribution in [0.4, 0.5) is 0 Å². The summed E-state index contributed by atoms with van der Waals surface area (Å²) in [6, 6.07) is 7.19. The maximum absolute atomic E-state index is 11.0. The van der Waals surface area contributed by atoms with Gasteiger partial charge in [0.2, 0.25) is 0 Å². The summed E-state index contributed by atoms with van der Waals surface area (Å²) in [4.78, 5) is 11.0. The summed E-state index contributed by atoms with van der Waals surface area (Å²) in [5.41, 5.74) is 0.211. The largest absolute Gasteiger partial charge is 0.491 e. The van der Waals surface area contributed by atoms with Gasteiger partial charge in [0.05, 0.1) is 0 Å². The summed E-state index contributed by atoms with van der Waals surface area (Å²) in [6.45, 7) is 7.85. The Labute approximate surface area is 127 Å². The number of carbonyl (C=O) groups is 1. The molecule has 0 fully saturated rings. The number of para-hydroxylation sites is 1. The Balaban J connectivity index is 2.24. The van der Waals surface area contributed by atoms with Crippen molar-refractivity contribution < 1.29 is 14.6 Å². The van der Waals surface area contributed by atoms with E-state index >= 15 is 0 Å². The first-order valence-electron chi connectivity index (χ1n) is 7.69. The van der Waals surface area contributed by atoms with Gasteiger partial charge >= 0.3 is 5.97 Å². The lowest BCUT2D eigenvalue weighted by Gasteiger charge is -2.15. The molecule has 21 heavy (non-hydrogen) atoms. The summed E-state index contributed by atoms with van der Waals surface area (Å²) in [5.74, 6) is 0.230. The molecule has 1 unspecified atom stereocenters. The smallest absolute Gasteiger partial charge is 0.339 e. The predicted octanol–water partition coefficient (Wildman–Crippen LogP) is 3.57. The molecule has 4 nitrogen and oxygen atoms in total. The molecule has 2 N–H and O–H groups in total. The number of nitrogens with one attached hydrogen (secondary N) is 1.